The van der Waals surface area contributed by atoms with Crippen molar-refractivity contribution in [3.63, 3.8) is 0 Å². The molecule has 1 fully saturated rings. The average Bonchev–Trinajstić information content (AvgIpc) is 2.93. The number of nitrogens with one attached hydrogen (secondary N) is 1. The van der Waals surface area contributed by atoms with Gasteiger partial charge in [0.05, 0.1) is 18.7 Å². The maximum absolute atomic E-state index is 12.9. The molecule has 1 aromatic carbocycles. The number of amides is 1. The van der Waals surface area contributed by atoms with E-state index in [9.17, 15) is 4.79 Å². The third-order valence-corrected chi connectivity index (χ3v) is 5.17. The highest BCUT2D eigenvalue weighted by Crippen LogP contribution is 2.42. The molecule has 1 spiro atoms. The van der Waals surface area contributed by atoms with E-state index in [0.717, 1.165) is 12.8 Å². The molecule has 1 aliphatic heterocycles. The van der Waals surface area contributed by atoms with E-state index in [4.69, 9.17) is 17.0 Å². The Morgan fingerprint density at radius 1 is 1.26 bits per heavy atom. The summed E-state index contributed by atoms with van der Waals surface area (Å²) < 4.78 is 6.66. The van der Waals surface area contributed by atoms with E-state index in [1.165, 1.54) is 11.1 Å². The summed E-state index contributed by atoms with van der Waals surface area (Å²) in [7, 11) is 0. The van der Waals surface area contributed by atoms with Crippen molar-refractivity contribution in [1.29, 1.82) is 0 Å². The van der Waals surface area contributed by atoms with Crippen molar-refractivity contribution < 1.29 is 9.53 Å². The normalized spacial score (nSPS) is 23.0. The number of ether oxygens (including phenoxy) is 1. The Bertz CT molecular complexity index is 812. The van der Waals surface area contributed by atoms with Crippen LogP contribution in [0.4, 0.5) is 0 Å². The predicted molar refractivity (Wildman–Crippen MR) is 89.9 cm³/mol. The standard InChI is InChI=1S/C18H18N2O2S/c21-17(14-5-3-9-19-16(14)23)20-10-11-22-18(12-20)8-7-13-4-1-2-6-15(13)18/h1-6,9H,7-8,10-12H2,(H,19,23)/t18-/m0/s1. The highest BCUT2D eigenvalue weighted by Gasteiger charge is 2.44. The number of aryl methyl sites for hydroxylation is 1. The third-order valence-electron chi connectivity index (χ3n) is 4.83. The van der Waals surface area contributed by atoms with Crippen LogP contribution < -0.4 is 0 Å². The minimum absolute atomic E-state index is 0.0149. The minimum atomic E-state index is -0.357. The first-order valence-electron chi connectivity index (χ1n) is 7.89. The number of fused-ring (bicyclic) bond motifs is 2. The summed E-state index contributed by atoms with van der Waals surface area (Å²) >= 11 is 5.25. The first kappa shape index (κ1) is 14.6. The number of carbonyl (C=O) groups is 1. The summed E-state index contributed by atoms with van der Waals surface area (Å²) in [5, 5.41) is 0. The van der Waals surface area contributed by atoms with Crippen LogP contribution >= 0.6 is 12.2 Å². The van der Waals surface area contributed by atoms with E-state index < -0.39 is 0 Å². The number of benzene rings is 1. The highest BCUT2D eigenvalue weighted by atomic mass is 32.1. The Morgan fingerprint density at radius 2 is 2.13 bits per heavy atom. The summed E-state index contributed by atoms with van der Waals surface area (Å²) in [5.41, 5.74) is 2.77. The molecule has 1 saturated heterocycles. The fourth-order valence-corrected chi connectivity index (χ4v) is 3.91. The van der Waals surface area contributed by atoms with Crippen LogP contribution in [0, 0.1) is 4.64 Å². The zero-order chi connectivity index (χ0) is 15.9. The molecule has 5 heteroatoms. The molecule has 0 unspecified atom stereocenters. The molecule has 1 N–H and O–H groups in total. The van der Waals surface area contributed by atoms with Gasteiger partial charge in [0.15, 0.2) is 0 Å². The van der Waals surface area contributed by atoms with Gasteiger partial charge in [-0.1, -0.05) is 36.5 Å². The molecule has 4 rings (SSSR count). The van der Waals surface area contributed by atoms with Gasteiger partial charge in [0.1, 0.15) is 10.2 Å². The zero-order valence-electron chi connectivity index (χ0n) is 12.7. The molecule has 23 heavy (non-hydrogen) atoms. The number of carbonyl (C=O) groups excluding carboxylic acids is 1. The van der Waals surface area contributed by atoms with Gasteiger partial charge in [-0.2, -0.15) is 0 Å². The van der Waals surface area contributed by atoms with E-state index in [1.807, 2.05) is 17.0 Å². The topological polar surface area (TPSA) is 45.3 Å². The molecule has 1 aromatic heterocycles. The van der Waals surface area contributed by atoms with Crippen LogP contribution in [0.15, 0.2) is 42.6 Å². The first-order chi connectivity index (χ1) is 11.2. The van der Waals surface area contributed by atoms with E-state index in [1.54, 1.807) is 12.3 Å². The molecule has 0 bridgehead atoms. The number of aromatic nitrogens is 1. The second-order valence-corrected chi connectivity index (χ2v) is 6.55. The first-order valence-corrected chi connectivity index (χ1v) is 8.30. The van der Waals surface area contributed by atoms with Gasteiger partial charge >= 0.3 is 0 Å². The average molecular weight is 326 g/mol. The van der Waals surface area contributed by atoms with E-state index in [-0.39, 0.29) is 11.5 Å². The van der Waals surface area contributed by atoms with Crippen LogP contribution in [-0.2, 0) is 16.8 Å². The number of hydrogen-bond donors (Lipinski definition) is 1. The van der Waals surface area contributed by atoms with Crippen LogP contribution in [0.3, 0.4) is 0 Å². The lowest BCUT2D eigenvalue weighted by atomic mass is 9.93. The fraction of sp³-hybridized carbons (Fsp3) is 0.333. The lowest BCUT2D eigenvalue weighted by Crippen LogP contribution is -2.51. The van der Waals surface area contributed by atoms with Gasteiger partial charge in [-0.3, -0.25) is 4.79 Å². The van der Waals surface area contributed by atoms with Crippen molar-refractivity contribution >= 4 is 18.1 Å². The summed E-state index contributed by atoms with van der Waals surface area (Å²) in [6, 6.07) is 12.0. The number of rotatable bonds is 1. The van der Waals surface area contributed by atoms with Crippen molar-refractivity contribution in [2.24, 2.45) is 0 Å². The fourth-order valence-electron chi connectivity index (χ4n) is 3.69. The molecule has 1 amide bonds. The van der Waals surface area contributed by atoms with Crippen LogP contribution in [-0.4, -0.2) is 35.5 Å². The summed E-state index contributed by atoms with van der Waals surface area (Å²) in [5.74, 6) is -0.0149. The zero-order valence-corrected chi connectivity index (χ0v) is 13.6. The lowest BCUT2D eigenvalue weighted by Gasteiger charge is -2.41. The van der Waals surface area contributed by atoms with Gasteiger partial charge in [-0.25, -0.2) is 0 Å². The summed E-state index contributed by atoms with van der Waals surface area (Å²) in [4.78, 5) is 17.7. The molecular weight excluding hydrogens is 308 g/mol. The monoisotopic (exact) mass is 326 g/mol. The third kappa shape index (κ3) is 2.40. The number of aromatic amines is 1. The second-order valence-electron chi connectivity index (χ2n) is 6.14. The predicted octanol–water partition coefficient (Wildman–Crippen LogP) is 3.06. The van der Waals surface area contributed by atoms with Gasteiger partial charge in [-0.05, 0) is 36.1 Å². The number of pyridine rings is 1. The molecule has 4 nitrogen and oxygen atoms in total. The van der Waals surface area contributed by atoms with Crippen molar-refractivity contribution in [3.8, 4) is 0 Å². The van der Waals surface area contributed by atoms with Crippen molar-refractivity contribution in [3.05, 3.63) is 63.9 Å². The van der Waals surface area contributed by atoms with Crippen LogP contribution in [0.2, 0.25) is 0 Å². The highest BCUT2D eigenvalue weighted by molar-refractivity contribution is 7.71. The molecular formula is C18H18N2O2S. The molecule has 2 aliphatic rings. The van der Waals surface area contributed by atoms with Gasteiger partial charge in [-0.15, -0.1) is 0 Å². The van der Waals surface area contributed by atoms with Gasteiger partial charge in [0, 0.05) is 12.7 Å². The van der Waals surface area contributed by atoms with Gasteiger partial charge < -0.3 is 14.6 Å². The lowest BCUT2D eigenvalue weighted by molar-refractivity contribution is -0.103. The number of nitrogens with zero attached hydrogens (tertiary/aromatic N) is 1. The van der Waals surface area contributed by atoms with E-state index >= 15 is 0 Å². The quantitative estimate of drug-likeness (QED) is 0.819. The number of morpholine rings is 1. The largest absolute Gasteiger partial charge is 0.367 e. The maximum atomic E-state index is 12.9. The minimum Gasteiger partial charge on any atom is -0.367 e. The van der Waals surface area contributed by atoms with Crippen molar-refractivity contribution in [1.82, 2.24) is 9.88 Å². The smallest absolute Gasteiger partial charge is 0.257 e. The Kier molecular flexibility index (Phi) is 3.54. The van der Waals surface area contributed by atoms with Gasteiger partial charge in [0.25, 0.3) is 5.91 Å². The molecule has 2 aromatic rings. The van der Waals surface area contributed by atoms with E-state index in [2.05, 4.69) is 23.2 Å². The SMILES string of the molecule is O=C(c1ccc[nH]c1=S)N1CCO[C@@]2(CCc3ccccc32)C1. The molecule has 0 radical (unpaired) electrons. The number of hydrogen-bond acceptors (Lipinski definition) is 3. The van der Waals surface area contributed by atoms with Crippen LogP contribution in [0.5, 0.6) is 0 Å². The molecule has 1 atom stereocenters. The van der Waals surface area contributed by atoms with Gasteiger partial charge in [0.2, 0.25) is 0 Å². The Morgan fingerprint density at radius 3 is 3.00 bits per heavy atom. The van der Waals surface area contributed by atoms with Crippen LogP contribution in [0.25, 0.3) is 0 Å². The van der Waals surface area contributed by atoms with Crippen molar-refractivity contribution in [2.75, 3.05) is 19.7 Å². The van der Waals surface area contributed by atoms with E-state index in [0.29, 0.717) is 29.9 Å². The molecule has 2 heterocycles. The maximum Gasteiger partial charge on any atom is 0.257 e. The Labute approximate surface area is 140 Å². The van der Waals surface area contributed by atoms with Crippen molar-refractivity contribution in [2.45, 2.75) is 18.4 Å². The summed E-state index contributed by atoms with van der Waals surface area (Å²) in [6.07, 6.45) is 3.68. The van der Waals surface area contributed by atoms with Crippen LogP contribution in [0.1, 0.15) is 27.9 Å². The molecule has 1 aliphatic carbocycles. The molecule has 118 valence electrons. The summed E-state index contributed by atoms with van der Waals surface area (Å²) in [6.45, 7) is 1.75. The second kappa shape index (κ2) is 5.58. The Hall–Kier alpha value is -1.98. The Balaban J connectivity index is 1.65. The number of H-pyrrole nitrogens is 1. The molecule has 0 saturated carbocycles.